The minimum Gasteiger partial charge on any atom is -0.384 e. The Labute approximate surface area is 127 Å². The number of ether oxygens (including phenoxy) is 1. The molecule has 0 bridgehead atoms. The predicted octanol–water partition coefficient (Wildman–Crippen LogP) is 3.36. The van der Waals surface area contributed by atoms with Crippen LogP contribution in [0, 0.1) is 11.7 Å². The molecule has 1 aliphatic heterocycles. The number of rotatable bonds is 7. The molecule has 0 aliphatic carbocycles. The van der Waals surface area contributed by atoms with E-state index in [1.807, 2.05) is 12.1 Å². The van der Waals surface area contributed by atoms with Gasteiger partial charge in [-0.25, -0.2) is 4.39 Å². The molecule has 21 heavy (non-hydrogen) atoms. The summed E-state index contributed by atoms with van der Waals surface area (Å²) >= 11 is 0. The van der Waals surface area contributed by atoms with Gasteiger partial charge >= 0.3 is 0 Å². The smallest absolute Gasteiger partial charge is 0.146 e. The third kappa shape index (κ3) is 4.17. The Kier molecular flexibility index (Phi) is 6.00. The van der Waals surface area contributed by atoms with Crippen molar-refractivity contribution in [1.82, 2.24) is 5.32 Å². The molecule has 1 N–H and O–H groups in total. The zero-order chi connectivity index (χ0) is 15.2. The maximum Gasteiger partial charge on any atom is 0.146 e. The molecule has 1 fully saturated rings. The van der Waals surface area contributed by atoms with Crippen LogP contribution in [0.3, 0.4) is 0 Å². The summed E-state index contributed by atoms with van der Waals surface area (Å²) in [5, 5.41) is 3.39. The van der Waals surface area contributed by atoms with E-state index >= 15 is 0 Å². The predicted molar refractivity (Wildman–Crippen MR) is 85.3 cm³/mol. The van der Waals surface area contributed by atoms with Crippen LogP contribution in [0.25, 0.3) is 0 Å². The van der Waals surface area contributed by atoms with Crippen LogP contribution >= 0.6 is 0 Å². The van der Waals surface area contributed by atoms with Gasteiger partial charge in [-0.2, -0.15) is 0 Å². The summed E-state index contributed by atoms with van der Waals surface area (Å²) in [5.74, 6) is 0.398. The second-order valence-corrected chi connectivity index (χ2v) is 5.94. The number of methoxy groups -OCH3 is 1. The minimum atomic E-state index is -0.115. The van der Waals surface area contributed by atoms with Crippen molar-refractivity contribution >= 4 is 5.69 Å². The zero-order valence-electron chi connectivity index (χ0n) is 13.4. The highest BCUT2D eigenvalue weighted by Crippen LogP contribution is 2.28. The average Bonchev–Trinajstić information content (AvgIpc) is 2.93. The van der Waals surface area contributed by atoms with E-state index < -0.39 is 0 Å². The largest absolute Gasteiger partial charge is 0.384 e. The molecule has 1 saturated heterocycles. The molecule has 1 heterocycles. The van der Waals surface area contributed by atoms with Crippen LogP contribution < -0.4 is 10.2 Å². The van der Waals surface area contributed by atoms with E-state index in [1.165, 1.54) is 0 Å². The van der Waals surface area contributed by atoms with Gasteiger partial charge in [0.15, 0.2) is 0 Å². The number of hydrogen-bond acceptors (Lipinski definition) is 3. The maximum atomic E-state index is 14.4. The fraction of sp³-hybridized carbons (Fsp3) is 0.647. The lowest BCUT2D eigenvalue weighted by Gasteiger charge is -2.21. The Morgan fingerprint density at radius 2 is 2.29 bits per heavy atom. The van der Waals surface area contributed by atoms with Crippen molar-refractivity contribution in [2.75, 3.05) is 38.3 Å². The van der Waals surface area contributed by atoms with Gasteiger partial charge in [0, 0.05) is 32.2 Å². The maximum absolute atomic E-state index is 14.4. The van der Waals surface area contributed by atoms with E-state index in [4.69, 9.17) is 4.74 Å². The fourth-order valence-corrected chi connectivity index (χ4v) is 2.95. The van der Waals surface area contributed by atoms with Gasteiger partial charge in [-0.15, -0.1) is 0 Å². The Bertz CT molecular complexity index is 452. The molecule has 3 nitrogen and oxygen atoms in total. The molecule has 1 aromatic rings. The van der Waals surface area contributed by atoms with Crippen LogP contribution in [0.1, 0.15) is 38.3 Å². The van der Waals surface area contributed by atoms with Crippen LogP contribution in [-0.4, -0.2) is 33.4 Å². The summed E-state index contributed by atoms with van der Waals surface area (Å²) in [5.41, 5.74) is 1.73. The number of nitrogens with one attached hydrogen (secondary N) is 1. The van der Waals surface area contributed by atoms with Crippen LogP contribution in [0.15, 0.2) is 18.2 Å². The summed E-state index contributed by atoms with van der Waals surface area (Å²) in [6.45, 7) is 7.72. The van der Waals surface area contributed by atoms with Gasteiger partial charge in [0.1, 0.15) is 5.82 Å². The minimum absolute atomic E-state index is 0.115. The molecule has 2 unspecified atom stereocenters. The Morgan fingerprint density at radius 1 is 1.48 bits per heavy atom. The molecule has 0 amide bonds. The molecular weight excluding hydrogens is 267 g/mol. The Hall–Kier alpha value is -1.13. The first-order valence-electron chi connectivity index (χ1n) is 7.92. The third-order valence-corrected chi connectivity index (χ3v) is 4.20. The zero-order valence-corrected chi connectivity index (χ0v) is 13.4. The lowest BCUT2D eigenvalue weighted by atomic mass is 10.1. The number of anilines is 1. The number of nitrogens with zero attached hydrogens (tertiary/aromatic N) is 1. The van der Waals surface area contributed by atoms with Gasteiger partial charge < -0.3 is 15.0 Å². The third-order valence-electron chi connectivity index (χ3n) is 4.20. The lowest BCUT2D eigenvalue weighted by molar-refractivity contribution is 0.161. The first-order chi connectivity index (χ1) is 10.2. The summed E-state index contributed by atoms with van der Waals surface area (Å²) in [4.78, 5) is 2.13. The van der Waals surface area contributed by atoms with Gasteiger partial charge in [-0.05, 0) is 44.0 Å². The highest BCUT2D eigenvalue weighted by Gasteiger charge is 2.24. The highest BCUT2D eigenvalue weighted by atomic mass is 19.1. The number of halogens is 1. The molecule has 2 atom stereocenters. The molecule has 4 heteroatoms. The fourth-order valence-electron chi connectivity index (χ4n) is 2.95. The van der Waals surface area contributed by atoms with Gasteiger partial charge in [-0.3, -0.25) is 0 Å². The molecule has 118 valence electrons. The van der Waals surface area contributed by atoms with E-state index in [2.05, 4.69) is 24.1 Å². The lowest BCUT2D eigenvalue weighted by Crippen LogP contribution is -2.23. The van der Waals surface area contributed by atoms with Crippen molar-refractivity contribution in [2.24, 2.45) is 5.92 Å². The standard InChI is InChI=1S/C17H27FN2O/c1-4-8-19-13(2)15-5-6-17(16(18)10-15)20-9-7-14(11-20)12-21-3/h5-6,10,13-14,19H,4,7-9,11-12H2,1-3H3. The second-order valence-electron chi connectivity index (χ2n) is 5.94. The van der Waals surface area contributed by atoms with Gasteiger partial charge in [0.05, 0.1) is 12.3 Å². The average molecular weight is 294 g/mol. The van der Waals surface area contributed by atoms with Crippen molar-refractivity contribution in [3.63, 3.8) is 0 Å². The van der Waals surface area contributed by atoms with Gasteiger partial charge in [0.25, 0.3) is 0 Å². The van der Waals surface area contributed by atoms with E-state index in [1.54, 1.807) is 13.2 Å². The molecule has 0 spiro atoms. The number of hydrogen-bond donors (Lipinski definition) is 1. The molecule has 0 radical (unpaired) electrons. The van der Waals surface area contributed by atoms with E-state index in [-0.39, 0.29) is 11.9 Å². The van der Waals surface area contributed by atoms with E-state index in [0.29, 0.717) is 5.92 Å². The summed E-state index contributed by atoms with van der Waals surface area (Å²) in [6, 6.07) is 5.82. The summed E-state index contributed by atoms with van der Waals surface area (Å²) in [7, 11) is 1.72. The monoisotopic (exact) mass is 294 g/mol. The molecule has 1 aliphatic rings. The topological polar surface area (TPSA) is 24.5 Å². The summed E-state index contributed by atoms with van der Waals surface area (Å²) in [6.07, 6.45) is 2.16. The molecule has 2 rings (SSSR count). The normalized spacial score (nSPS) is 20.0. The van der Waals surface area contributed by atoms with Gasteiger partial charge in [-0.1, -0.05) is 13.0 Å². The molecule has 1 aromatic carbocycles. The van der Waals surface area contributed by atoms with E-state index in [0.717, 1.165) is 50.3 Å². The summed E-state index contributed by atoms with van der Waals surface area (Å²) < 4.78 is 19.6. The molecule has 0 aromatic heterocycles. The van der Waals surface area contributed by atoms with Gasteiger partial charge in [0.2, 0.25) is 0 Å². The number of benzene rings is 1. The highest BCUT2D eigenvalue weighted by molar-refractivity contribution is 5.50. The van der Waals surface area contributed by atoms with Crippen molar-refractivity contribution in [1.29, 1.82) is 0 Å². The SMILES string of the molecule is CCCNC(C)c1ccc(N2CCC(COC)C2)c(F)c1. The molecule has 0 saturated carbocycles. The second kappa shape index (κ2) is 7.76. The van der Waals surface area contributed by atoms with Crippen molar-refractivity contribution in [2.45, 2.75) is 32.7 Å². The van der Waals surface area contributed by atoms with Crippen molar-refractivity contribution < 1.29 is 9.13 Å². The van der Waals surface area contributed by atoms with Crippen LogP contribution in [0.5, 0.6) is 0 Å². The van der Waals surface area contributed by atoms with Crippen LogP contribution in [-0.2, 0) is 4.74 Å². The molecular formula is C17H27FN2O. The van der Waals surface area contributed by atoms with Crippen LogP contribution in [0.4, 0.5) is 10.1 Å². The Morgan fingerprint density at radius 3 is 2.95 bits per heavy atom. The van der Waals surface area contributed by atoms with E-state index in [9.17, 15) is 4.39 Å². The first kappa shape index (κ1) is 16.2. The van der Waals surface area contributed by atoms with Crippen molar-refractivity contribution in [3.05, 3.63) is 29.6 Å². The first-order valence-corrected chi connectivity index (χ1v) is 7.92. The van der Waals surface area contributed by atoms with Crippen molar-refractivity contribution in [3.8, 4) is 0 Å². The Balaban J connectivity index is 2.02. The van der Waals surface area contributed by atoms with Crippen LogP contribution in [0.2, 0.25) is 0 Å². The quantitative estimate of drug-likeness (QED) is 0.834.